The number of aldehydes is 1. The minimum absolute atomic E-state index is 0.0232. The van der Waals surface area contributed by atoms with Crippen LogP contribution >= 0.6 is 0 Å². The topological polar surface area (TPSA) is 91.8 Å². The van der Waals surface area contributed by atoms with Crippen LogP contribution in [0.15, 0.2) is 78.9 Å². The molecule has 0 aliphatic carbocycles. The van der Waals surface area contributed by atoms with Crippen molar-refractivity contribution in [1.29, 1.82) is 0 Å². The van der Waals surface area contributed by atoms with E-state index in [9.17, 15) is 9.59 Å². The number of para-hydroxylation sites is 1. The van der Waals surface area contributed by atoms with Crippen LogP contribution in [0.2, 0.25) is 0 Å². The lowest BCUT2D eigenvalue weighted by molar-refractivity contribution is -0.129. The number of rotatable bonds is 9. The van der Waals surface area contributed by atoms with Crippen molar-refractivity contribution in [3.8, 4) is 5.75 Å². The number of fused-ring (bicyclic) bond motifs is 1. The van der Waals surface area contributed by atoms with E-state index in [1.54, 1.807) is 17.6 Å². The summed E-state index contributed by atoms with van der Waals surface area (Å²) in [5.74, 6) is 0.168. The van der Waals surface area contributed by atoms with E-state index in [4.69, 9.17) is 9.94 Å². The van der Waals surface area contributed by atoms with Gasteiger partial charge in [0.2, 0.25) is 5.91 Å². The molecule has 0 spiro atoms. The van der Waals surface area contributed by atoms with E-state index in [1.807, 2.05) is 85.6 Å². The first-order valence-electron chi connectivity index (χ1n) is 11.3. The summed E-state index contributed by atoms with van der Waals surface area (Å²) in [4.78, 5) is 30.1. The van der Waals surface area contributed by atoms with Gasteiger partial charge >= 0.3 is 0 Å². The molecule has 178 valence electrons. The van der Waals surface area contributed by atoms with Gasteiger partial charge in [0.15, 0.2) is 0 Å². The second kappa shape index (κ2) is 10.8. The minimum atomic E-state index is -0.539. The van der Waals surface area contributed by atoms with Gasteiger partial charge in [-0.25, -0.2) is 5.48 Å². The second-order valence-corrected chi connectivity index (χ2v) is 8.34. The van der Waals surface area contributed by atoms with Crippen molar-refractivity contribution < 1.29 is 19.5 Å². The predicted molar refractivity (Wildman–Crippen MR) is 135 cm³/mol. The van der Waals surface area contributed by atoms with Crippen LogP contribution in [0.1, 0.15) is 39.6 Å². The molecule has 2 N–H and O–H groups in total. The molecule has 3 aromatic carbocycles. The highest BCUT2D eigenvalue weighted by molar-refractivity contribution is 5.82. The van der Waals surface area contributed by atoms with Crippen LogP contribution in [0.4, 0.5) is 5.69 Å². The van der Waals surface area contributed by atoms with E-state index in [0.717, 1.165) is 34.1 Å². The van der Waals surface area contributed by atoms with Gasteiger partial charge in [0.1, 0.15) is 18.6 Å². The molecule has 1 unspecified atom stereocenters. The van der Waals surface area contributed by atoms with Gasteiger partial charge in [0, 0.05) is 34.9 Å². The number of aromatic nitrogens is 1. The Hall–Kier alpha value is -4.23. The highest BCUT2D eigenvalue weighted by atomic mass is 16.5. The van der Waals surface area contributed by atoms with Crippen LogP contribution in [0.25, 0.3) is 10.9 Å². The lowest BCUT2D eigenvalue weighted by Gasteiger charge is -2.31. The second-order valence-electron chi connectivity index (χ2n) is 8.34. The number of hydrogen-bond donors (Lipinski definition) is 2. The Bertz CT molecular complexity index is 1340. The summed E-state index contributed by atoms with van der Waals surface area (Å²) in [6.07, 6.45) is 0.749. The highest BCUT2D eigenvalue weighted by Crippen LogP contribution is 2.31. The van der Waals surface area contributed by atoms with Gasteiger partial charge in [-0.1, -0.05) is 42.5 Å². The molecule has 0 saturated carbocycles. The summed E-state index contributed by atoms with van der Waals surface area (Å²) < 4.78 is 6.06. The van der Waals surface area contributed by atoms with Crippen LogP contribution in [-0.4, -0.2) is 29.4 Å². The summed E-state index contributed by atoms with van der Waals surface area (Å²) >= 11 is 0. The number of hydroxylamine groups is 1. The number of ether oxygens (including phenoxy) is 1. The number of carbonyl (C=O) groups excluding carboxylic acids is 2. The Labute approximate surface area is 203 Å². The molecule has 4 rings (SSSR count). The molecular formula is C28H27N3O4. The van der Waals surface area contributed by atoms with E-state index in [0.29, 0.717) is 23.5 Å². The summed E-state index contributed by atoms with van der Waals surface area (Å²) in [5.41, 5.74) is 6.66. The summed E-state index contributed by atoms with van der Waals surface area (Å²) in [6, 6.07) is 24.2. The molecule has 0 saturated heterocycles. The predicted octanol–water partition coefficient (Wildman–Crippen LogP) is 5.01. The minimum Gasteiger partial charge on any atom is -0.489 e. The lowest BCUT2D eigenvalue weighted by Crippen LogP contribution is -2.31. The molecule has 1 atom stereocenters. The number of hydrogen-bond acceptors (Lipinski definition) is 6. The average Bonchev–Trinajstić information content (AvgIpc) is 2.90. The zero-order chi connectivity index (χ0) is 24.8. The third kappa shape index (κ3) is 5.47. The van der Waals surface area contributed by atoms with E-state index in [-0.39, 0.29) is 6.42 Å². The van der Waals surface area contributed by atoms with Crippen LogP contribution < -0.4 is 15.1 Å². The van der Waals surface area contributed by atoms with Gasteiger partial charge < -0.3 is 9.64 Å². The molecular weight excluding hydrogens is 442 g/mol. The number of anilines is 1. The largest absolute Gasteiger partial charge is 0.489 e. The van der Waals surface area contributed by atoms with Crippen molar-refractivity contribution in [2.24, 2.45) is 0 Å². The number of nitrogens with one attached hydrogen (secondary N) is 1. The van der Waals surface area contributed by atoms with Crippen molar-refractivity contribution in [3.63, 3.8) is 0 Å². The van der Waals surface area contributed by atoms with Crippen molar-refractivity contribution in [2.45, 2.75) is 26.0 Å². The molecule has 1 heterocycles. The Morgan fingerprint density at radius 2 is 1.80 bits per heavy atom. The standard InChI is InChI=1S/C28H27N3O4/c1-19-15-21(24-8-5-6-10-26(24)29-19)18-35-23-13-11-22(12-14-23)31(2)27(16-28(33)30-34)25-9-4-3-7-20(25)17-32/h3-15,17,27,34H,16,18H2,1-2H3,(H,30,33). The zero-order valence-electron chi connectivity index (χ0n) is 19.6. The number of aryl methyl sites for hydroxylation is 1. The van der Waals surface area contributed by atoms with Gasteiger partial charge in [0.05, 0.1) is 18.0 Å². The molecule has 7 heteroatoms. The first-order valence-corrected chi connectivity index (χ1v) is 11.3. The van der Waals surface area contributed by atoms with Gasteiger partial charge in [-0.05, 0) is 48.9 Å². The maximum atomic E-state index is 12.0. The van der Waals surface area contributed by atoms with Crippen molar-refractivity contribution >= 4 is 28.8 Å². The molecule has 0 aliphatic heterocycles. The maximum Gasteiger partial charge on any atom is 0.245 e. The molecule has 0 bridgehead atoms. The number of amides is 1. The van der Waals surface area contributed by atoms with E-state index < -0.39 is 11.9 Å². The molecule has 1 amide bonds. The third-order valence-corrected chi connectivity index (χ3v) is 6.02. The third-order valence-electron chi connectivity index (χ3n) is 6.02. The Balaban J connectivity index is 1.54. The smallest absolute Gasteiger partial charge is 0.245 e. The van der Waals surface area contributed by atoms with Gasteiger partial charge in [-0.3, -0.25) is 19.8 Å². The Kier molecular flexibility index (Phi) is 7.38. The average molecular weight is 470 g/mol. The summed E-state index contributed by atoms with van der Waals surface area (Å²) in [7, 11) is 1.85. The maximum absolute atomic E-state index is 12.0. The van der Waals surface area contributed by atoms with Gasteiger partial charge in [0.25, 0.3) is 0 Å². The molecule has 0 fully saturated rings. The first-order chi connectivity index (χ1) is 17.0. The number of pyridine rings is 1. The van der Waals surface area contributed by atoms with E-state index >= 15 is 0 Å². The van der Waals surface area contributed by atoms with Gasteiger partial charge in [-0.2, -0.15) is 0 Å². The molecule has 1 aromatic heterocycles. The zero-order valence-corrected chi connectivity index (χ0v) is 19.6. The molecule has 0 aliphatic rings. The number of carbonyl (C=O) groups is 2. The number of benzene rings is 3. The van der Waals surface area contributed by atoms with Crippen LogP contribution in [0.3, 0.4) is 0 Å². The normalized spacial score (nSPS) is 11.6. The SMILES string of the molecule is Cc1cc(COc2ccc(N(C)C(CC(=O)NO)c3ccccc3C=O)cc2)c2ccccc2n1. The summed E-state index contributed by atoms with van der Waals surface area (Å²) in [5, 5.41) is 10.1. The molecule has 35 heavy (non-hydrogen) atoms. The summed E-state index contributed by atoms with van der Waals surface area (Å²) in [6.45, 7) is 2.38. The number of nitrogens with zero attached hydrogens (tertiary/aromatic N) is 2. The van der Waals surface area contributed by atoms with E-state index in [2.05, 4.69) is 4.98 Å². The lowest BCUT2D eigenvalue weighted by atomic mass is 9.96. The fourth-order valence-electron chi connectivity index (χ4n) is 4.23. The Morgan fingerprint density at radius 3 is 2.54 bits per heavy atom. The van der Waals surface area contributed by atoms with Crippen molar-refractivity contribution in [2.75, 3.05) is 11.9 Å². The Morgan fingerprint density at radius 1 is 1.09 bits per heavy atom. The molecule has 0 radical (unpaired) electrons. The van der Waals surface area contributed by atoms with Crippen molar-refractivity contribution in [3.05, 3.63) is 101 Å². The molecule has 4 aromatic rings. The molecule has 7 nitrogen and oxygen atoms in total. The quantitative estimate of drug-likeness (QED) is 0.203. The monoisotopic (exact) mass is 469 g/mol. The van der Waals surface area contributed by atoms with Crippen molar-refractivity contribution in [1.82, 2.24) is 10.5 Å². The van der Waals surface area contributed by atoms with Crippen LogP contribution in [0.5, 0.6) is 5.75 Å². The van der Waals surface area contributed by atoms with Gasteiger partial charge in [-0.15, -0.1) is 0 Å². The fourth-order valence-corrected chi connectivity index (χ4v) is 4.23. The van der Waals surface area contributed by atoms with Crippen LogP contribution in [0, 0.1) is 6.92 Å². The first kappa shape index (κ1) is 23.9. The van der Waals surface area contributed by atoms with E-state index in [1.165, 1.54) is 0 Å². The highest BCUT2D eigenvalue weighted by Gasteiger charge is 2.23. The van der Waals surface area contributed by atoms with Crippen LogP contribution in [-0.2, 0) is 11.4 Å². The fraction of sp³-hybridized carbons (Fsp3) is 0.179.